The summed E-state index contributed by atoms with van der Waals surface area (Å²) in [6, 6.07) is 0. The summed E-state index contributed by atoms with van der Waals surface area (Å²) < 4.78 is 5.08. The summed E-state index contributed by atoms with van der Waals surface area (Å²) in [6.07, 6.45) is 0.861. The van der Waals surface area contributed by atoms with Crippen molar-refractivity contribution in [3.8, 4) is 0 Å². The van der Waals surface area contributed by atoms with Gasteiger partial charge in [-0.25, -0.2) is 4.79 Å². The lowest BCUT2D eigenvalue weighted by Gasteiger charge is -2.40. The fraction of sp³-hybridized carbons (Fsp3) is 0.818. The number of likely N-dealkylation sites (tertiary alicyclic amines) is 1. The normalized spacial score (nSPS) is 20.0. The van der Waals surface area contributed by atoms with Gasteiger partial charge in [-0.05, 0) is 33.7 Å². The molecule has 6 heteroatoms. The molecule has 0 aromatic carbocycles. The molecule has 0 unspecified atom stereocenters. The summed E-state index contributed by atoms with van der Waals surface area (Å²) in [6.45, 7) is 5.34. The molecule has 17 heavy (non-hydrogen) atoms. The van der Waals surface area contributed by atoms with Crippen LogP contribution in [0, 0.1) is 0 Å². The molecule has 1 heterocycles. The second-order valence-electron chi connectivity index (χ2n) is 4.83. The molecule has 3 N–H and O–H groups in total. The number of carbonyl (C=O) groups excluding carboxylic acids is 1. The van der Waals surface area contributed by atoms with Gasteiger partial charge in [-0.2, -0.15) is 0 Å². The van der Waals surface area contributed by atoms with Crippen LogP contribution in [0.5, 0.6) is 0 Å². The monoisotopic (exact) mass is 259 g/mol. The van der Waals surface area contributed by atoms with Gasteiger partial charge in [0.1, 0.15) is 0 Å². The first-order valence-electron chi connectivity index (χ1n) is 5.83. The molecule has 0 radical (unpaired) electrons. The van der Waals surface area contributed by atoms with Crippen molar-refractivity contribution in [2.45, 2.75) is 38.3 Å². The van der Waals surface area contributed by atoms with Crippen LogP contribution in [0.15, 0.2) is 0 Å². The number of thiocarbonyl (C=S) groups is 1. The number of nitrogens with one attached hydrogen (secondary N) is 1. The highest BCUT2D eigenvalue weighted by Crippen LogP contribution is 2.22. The first kappa shape index (κ1) is 14.2. The maximum Gasteiger partial charge on any atom is 0.408 e. The zero-order valence-corrected chi connectivity index (χ0v) is 11.5. The standard InChI is InChI=1S/C11H21N3O2S/c1-8(2)16-10(15)13-11(9(12)17)4-6-14(3)7-5-11/h8H,4-7H2,1-3H3,(H2,12,17)(H,13,15). The first-order valence-corrected chi connectivity index (χ1v) is 6.24. The van der Waals surface area contributed by atoms with Crippen LogP contribution in [-0.2, 0) is 4.74 Å². The highest BCUT2D eigenvalue weighted by Gasteiger charge is 2.38. The summed E-state index contributed by atoms with van der Waals surface area (Å²) in [5.41, 5.74) is 5.18. The topological polar surface area (TPSA) is 67.6 Å². The van der Waals surface area contributed by atoms with E-state index in [0.29, 0.717) is 4.99 Å². The molecule has 0 saturated carbocycles. The van der Waals surface area contributed by atoms with Crippen LogP contribution in [0.2, 0.25) is 0 Å². The van der Waals surface area contributed by atoms with Crippen LogP contribution in [0.25, 0.3) is 0 Å². The summed E-state index contributed by atoms with van der Waals surface area (Å²) in [4.78, 5) is 14.2. The van der Waals surface area contributed by atoms with Gasteiger partial charge in [0.25, 0.3) is 0 Å². The van der Waals surface area contributed by atoms with Crippen molar-refractivity contribution >= 4 is 23.3 Å². The summed E-state index contributed by atoms with van der Waals surface area (Å²) in [5, 5.41) is 2.83. The summed E-state index contributed by atoms with van der Waals surface area (Å²) in [5.74, 6) is 0. The minimum absolute atomic E-state index is 0.148. The number of ether oxygens (including phenoxy) is 1. The van der Waals surface area contributed by atoms with E-state index in [1.165, 1.54) is 0 Å². The predicted molar refractivity (Wildman–Crippen MR) is 71.0 cm³/mol. The van der Waals surface area contributed by atoms with Crippen molar-refractivity contribution < 1.29 is 9.53 Å². The molecule has 0 aliphatic carbocycles. The molecule has 0 atom stereocenters. The molecular formula is C11H21N3O2S. The van der Waals surface area contributed by atoms with Gasteiger partial charge in [-0.1, -0.05) is 12.2 Å². The number of piperidine rings is 1. The third kappa shape index (κ3) is 3.81. The lowest BCUT2D eigenvalue weighted by Crippen LogP contribution is -2.61. The van der Waals surface area contributed by atoms with Crippen LogP contribution < -0.4 is 11.1 Å². The quantitative estimate of drug-likeness (QED) is 0.736. The molecular weight excluding hydrogens is 238 g/mol. The smallest absolute Gasteiger partial charge is 0.408 e. The molecule has 1 saturated heterocycles. The van der Waals surface area contributed by atoms with Gasteiger partial charge in [0.15, 0.2) is 0 Å². The highest BCUT2D eigenvalue weighted by molar-refractivity contribution is 7.80. The molecule has 0 spiro atoms. The van der Waals surface area contributed by atoms with Crippen molar-refractivity contribution in [2.24, 2.45) is 5.73 Å². The maximum absolute atomic E-state index is 11.7. The Morgan fingerprint density at radius 2 is 2.00 bits per heavy atom. The Bertz CT molecular complexity index is 299. The Balaban J connectivity index is 2.66. The highest BCUT2D eigenvalue weighted by atomic mass is 32.1. The average Bonchev–Trinajstić information content (AvgIpc) is 2.20. The third-order valence-electron chi connectivity index (χ3n) is 3.00. The lowest BCUT2D eigenvalue weighted by atomic mass is 9.87. The predicted octanol–water partition coefficient (Wildman–Crippen LogP) is 0.871. The number of nitrogens with two attached hydrogens (primary N) is 1. The van der Waals surface area contributed by atoms with Gasteiger partial charge in [0.2, 0.25) is 0 Å². The number of alkyl carbamates (subject to hydrolysis) is 1. The van der Waals surface area contributed by atoms with E-state index in [1.807, 2.05) is 20.9 Å². The van der Waals surface area contributed by atoms with Crippen LogP contribution in [0.3, 0.4) is 0 Å². The zero-order chi connectivity index (χ0) is 13.1. The largest absolute Gasteiger partial charge is 0.447 e. The zero-order valence-electron chi connectivity index (χ0n) is 10.7. The molecule has 5 nitrogen and oxygen atoms in total. The number of hydrogen-bond donors (Lipinski definition) is 2. The van der Waals surface area contributed by atoms with Crippen LogP contribution in [0.1, 0.15) is 26.7 Å². The molecule has 1 aliphatic heterocycles. The van der Waals surface area contributed by atoms with E-state index in [4.69, 9.17) is 22.7 Å². The maximum atomic E-state index is 11.7. The molecule has 1 fully saturated rings. The molecule has 0 aromatic rings. The second-order valence-corrected chi connectivity index (χ2v) is 5.27. The minimum Gasteiger partial charge on any atom is -0.447 e. The molecule has 0 bridgehead atoms. The fourth-order valence-corrected chi connectivity index (χ4v) is 2.13. The van der Waals surface area contributed by atoms with Gasteiger partial charge >= 0.3 is 6.09 Å². The molecule has 1 rings (SSSR count). The number of amides is 1. The number of rotatable bonds is 3. The van der Waals surface area contributed by atoms with Crippen molar-refractivity contribution in [3.63, 3.8) is 0 Å². The molecule has 1 aliphatic rings. The van der Waals surface area contributed by atoms with E-state index in [2.05, 4.69) is 10.2 Å². The van der Waals surface area contributed by atoms with E-state index < -0.39 is 11.6 Å². The Morgan fingerprint density at radius 3 is 2.41 bits per heavy atom. The average molecular weight is 259 g/mol. The van der Waals surface area contributed by atoms with Crippen molar-refractivity contribution in [3.05, 3.63) is 0 Å². The van der Waals surface area contributed by atoms with Gasteiger partial charge < -0.3 is 20.7 Å². The van der Waals surface area contributed by atoms with E-state index in [1.54, 1.807) is 0 Å². The van der Waals surface area contributed by atoms with E-state index in [-0.39, 0.29) is 6.10 Å². The van der Waals surface area contributed by atoms with Gasteiger partial charge in [-0.3, -0.25) is 0 Å². The first-order chi connectivity index (χ1) is 7.85. The third-order valence-corrected chi connectivity index (χ3v) is 3.39. The van der Waals surface area contributed by atoms with Gasteiger partial charge in [0, 0.05) is 13.1 Å². The second kappa shape index (κ2) is 5.64. The molecule has 1 amide bonds. The van der Waals surface area contributed by atoms with Crippen LogP contribution in [0.4, 0.5) is 4.79 Å². The fourth-order valence-electron chi connectivity index (χ4n) is 1.87. The Labute approximate surface area is 108 Å². The Hall–Kier alpha value is -0.880. The lowest BCUT2D eigenvalue weighted by molar-refractivity contribution is 0.101. The van der Waals surface area contributed by atoms with E-state index in [9.17, 15) is 4.79 Å². The van der Waals surface area contributed by atoms with Crippen LogP contribution in [-0.4, -0.2) is 47.8 Å². The summed E-state index contributed by atoms with van der Waals surface area (Å²) >= 11 is 5.09. The number of nitrogens with zero attached hydrogens (tertiary/aromatic N) is 1. The SMILES string of the molecule is CC(C)OC(=O)NC1(C(N)=S)CCN(C)CC1. The summed E-state index contributed by atoms with van der Waals surface area (Å²) in [7, 11) is 2.04. The van der Waals surface area contributed by atoms with Crippen molar-refractivity contribution in [1.29, 1.82) is 0 Å². The molecule has 98 valence electrons. The number of hydrogen-bond acceptors (Lipinski definition) is 4. The van der Waals surface area contributed by atoms with Crippen molar-refractivity contribution in [1.82, 2.24) is 10.2 Å². The van der Waals surface area contributed by atoms with Crippen molar-refractivity contribution in [2.75, 3.05) is 20.1 Å². The number of carbonyl (C=O) groups is 1. The Morgan fingerprint density at radius 1 is 1.47 bits per heavy atom. The molecule has 0 aromatic heterocycles. The van der Waals surface area contributed by atoms with E-state index in [0.717, 1.165) is 25.9 Å². The van der Waals surface area contributed by atoms with Gasteiger partial charge in [-0.15, -0.1) is 0 Å². The minimum atomic E-state index is -0.589. The van der Waals surface area contributed by atoms with Crippen LogP contribution >= 0.6 is 12.2 Å². The van der Waals surface area contributed by atoms with E-state index >= 15 is 0 Å². The Kier molecular flexibility index (Phi) is 4.70. The van der Waals surface area contributed by atoms with Gasteiger partial charge in [0.05, 0.1) is 16.6 Å².